The molecule has 1 heterocycles. The van der Waals surface area contributed by atoms with Gasteiger partial charge < -0.3 is 5.32 Å². The van der Waals surface area contributed by atoms with E-state index in [4.69, 9.17) is 0 Å². The fourth-order valence-electron chi connectivity index (χ4n) is 4.56. The molecule has 2 heteroatoms. The summed E-state index contributed by atoms with van der Waals surface area (Å²) < 4.78 is 0. The van der Waals surface area contributed by atoms with Crippen LogP contribution in [0.4, 0.5) is 0 Å². The molecule has 2 aliphatic carbocycles. The normalized spacial score (nSPS) is 31.8. The summed E-state index contributed by atoms with van der Waals surface area (Å²) in [5.41, 5.74) is 0.521. The summed E-state index contributed by atoms with van der Waals surface area (Å²) in [6.07, 6.45) is 8.40. The predicted molar refractivity (Wildman–Crippen MR) is 88.1 cm³/mol. The zero-order valence-corrected chi connectivity index (χ0v) is 14.0. The van der Waals surface area contributed by atoms with Crippen LogP contribution >= 0.6 is 11.3 Å². The number of nitrogens with one attached hydrogen (secondary N) is 1. The lowest BCUT2D eigenvalue weighted by molar-refractivity contribution is 0.297. The number of rotatable bonds is 4. The Morgan fingerprint density at radius 3 is 2.55 bits per heavy atom. The molecule has 0 aliphatic heterocycles. The lowest BCUT2D eigenvalue weighted by Crippen LogP contribution is -2.37. The van der Waals surface area contributed by atoms with Gasteiger partial charge in [-0.25, -0.2) is 0 Å². The molecule has 0 radical (unpaired) electrons. The van der Waals surface area contributed by atoms with Gasteiger partial charge in [0.2, 0.25) is 0 Å². The zero-order chi connectivity index (χ0) is 14.2. The fourth-order valence-corrected chi connectivity index (χ4v) is 5.44. The van der Waals surface area contributed by atoms with Crippen LogP contribution in [0.15, 0.2) is 17.5 Å². The van der Waals surface area contributed by atoms with Gasteiger partial charge in [0.15, 0.2) is 0 Å². The zero-order valence-electron chi connectivity index (χ0n) is 13.2. The standard InChI is InChI=1S/C18H29NS/c1-13-11-18(2,3)12-15(13)19-17(14-7-4-5-8-14)16-9-6-10-20-16/h6,9-10,13-15,17,19H,4-5,7-8,11-12H2,1-3H3. The predicted octanol–water partition coefficient (Wildman–Crippen LogP) is 5.39. The summed E-state index contributed by atoms with van der Waals surface area (Å²) in [5, 5.41) is 6.31. The molecule has 1 N–H and O–H groups in total. The first-order valence-corrected chi connectivity index (χ1v) is 9.22. The third-order valence-corrected chi connectivity index (χ3v) is 6.40. The van der Waals surface area contributed by atoms with E-state index in [9.17, 15) is 0 Å². The second kappa shape index (κ2) is 5.81. The summed E-state index contributed by atoms with van der Waals surface area (Å²) >= 11 is 1.94. The lowest BCUT2D eigenvalue weighted by Gasteiger charge is -2.29. The quantitative estimate of drug-likeness (QED) is 0.784. The summed E-state index contributed by atoms with van der Waals surface area (Å²) in [6.45, 7) is 7.30. The first-order chi connectivity index (χ1) is 9.55. The summed E-state index contributed by atoms with van der Waals surface area (Å²) in [7, 11) is 0. The van der Waals surface area contributed by atoms with Crippen molar-refractivity contribution >= 4 is 11.3 Å². The molecule has 3 unspecified atom stereocenters. The van der Waals surface area contributed by atoms with Crippen LogP contribution < -0.4 is 5.32 Å². The Morgan fingerprint density at radius 2 is 2.00 bits per heavy atom. The van der Waals surface area contributed by atoms with Crippen LogP contribution in [0.25, 0.3) is 0 Å². The molecule has 2 aliphatic rings. The minimum Gasteiger partial charge on any atom is -0.306 e. The van der Waals surface area contributed by atoms with E-state index < -0.39 is 0 Å². The molecular weight excluding hydrogens is 262 g/mol. The Bertz CT molecular complexity index is 417. The molecule has 0 bridgehead atoms. The van der Waals surface area contributed by atoms with E-state index in [1.165, 1.54) is 38.5 Å². The highest BCUT2D eigenvalue weighted by atomic mass is 32.1. The second-order valence-electron chi connectivity index (χ2n) is 7.86. The topological polar surface area (TPSA) is 12.0 Å². The van der Waals surface area contributed by atoms with Crippen LogP contribution in [-0.4, -0.2) is 6.04 Å². The maximum Gasteiger partial charge on any atom is 0.0445 e. The van der Waals surface area contributed by atoms with Gasteiger partial charge in [-0.15, -0.1) is 11.3 Å². The van der Waals surface area contributed by atoms with Crippen molar-refractivity contribution < 1.29 is 0 Å². The average molecular weight is 292 g/mol. The van der Waals surface area contributed by atoms with Crippen LogP contribution in [0.1, 0.15) is 70.2 Å². The summed E-state index contributed by atoms with van der Waals surface area (Å²) in [5.74, 6) is 1.68. The average Bonchev–Trinajstić information content (AvgIpc) is 3.08. The minimum atomic E-state index is 0.521. The molecule has 1 nitrogen and oxygen atoms in total. The molecule has 0 spiro atoms. The van der Waals surface area contributed by atoms with Crippen LogP contribution in [0.5, 0.6) is 0 Å². The van der Waals surface area contributed by atoms with E-state index in [1.807, 2.05) is 11.3 Å². The Labute approximate surface area is 128 Å². The molecular formula is C18H29NS. The van der Waals surface area contributed by atoms with Crippen LogP contribution in [0.2, 0.25) is 0 Å². The van der Waals surface area contributed by atoms with Crippen molar-refractivity contribution in [2.45, 2.75) is 71.4 Å². The van der Waals surface area contributed by atoms with Gasteiger partial charge in [0.1, 0.15) is 0 Å². The Balaban J connectivity index is 1.73. The highest BCUT2D eigenvalue weighted by Crippen LogP contribution is 2.44. The van der Waals surface area contributed by atoms with Crippen molar-refractivity contribution in [2.75, 3.05) is 0 Å². The van der Waals surface area contributed by atoms with E-state index in [0.29, 0.717) is 17.5 Å². The lowest BCUT2D eigenvalue weighted by atomic mass is 9.91. The van der Waals surface area contributed by atoms with Crippen molar-refractivity contribution in [3.05, 3.63) is 22.4 Å². The molecule has 20 heavy (non-hydrogen) atoms. The number of hydrogen-bond acceptors (Lipinski definition) is 2. The van der Waals surface area contributed by atoms with Crippen LogP contribution in [0.3, 0.4) is 0 Å². The van der Waals surface area contributed by atoms with Crippen LogP contribution in [0, 0.1) is 17.3 Å². The number of hydrogen-bond donors (Lipinski definition) is 1. The van der Waals surface area contributed by atoms with E-state index in [-0.39, 0.29) is 0 Å². The van der Waals surface area contributed by atoms with Crippen molar-refractivity contribution in [3.63, 3.8) is 0 Å². The largest absolute Gasteiger partial charge is 0.306 e. The second-order valence-corrected chi connectivity index (χ2v) is 8.84. The van der Waals surface area contributed by atoms with Crippen molar-refractivity contribution in [2.24, 2.45) is 17.3 Å². The van der Waals surface area contributed by atoms with Crippen molar-refractivity contribution in [1.82, 2.24) is 5.32 Å². The fraction of sp³-hybridized carbons (Fsp3) is 0.778. The van der Waals surface area contributed by atoms with Gasteiger partial charge in [-0.3, -0.25) is 0 Å². The van der Waals surface area contributed by atoms with Gasteiger partial charge >= 0.3 is 0 Å². The van der Waals surface area contributed by atoms with Gasteiger partial charge in [0, 0.05) is 17.0 Å². The Hall–Kier alpha value is -0.340. The minimum absolute atomic E-state index is 0.521. The Morgan fingerprint density at radius 1 is 1.25 bits per heavy atom. The van der Waals surface area contributed by atoms with Gasteiger partial charge in [0.25, 0.3) is 0 Å². The molecule has 1 aromatic heterocycles. The third kappa shape index (κ3) is 3.12. The smallest absolute Gasteiger partial charge is 0.0445 e. The molecule has 0 amide bonds. The molecule has 112 valence electrons. The van der Waals surface area contributed by atoms with E-state index in [2.05, 4.69) is 43.6 Å². The number of thiophene rings is 1. The SMILES string of the molecule is CC1CC(C)(C)CC1NC(c1cccs1)C1CCCC1. The van der Waals surface area contributed by atoms with Gasteiger partial charge in [-0.05, 0) is 54.4 Å². The molecule has 2 fully saturated rings. The first-order valence-electron chi connectivity index (χ1n) is 8.35. The maximum absolute atomic E-state index is 4.08. The highest BCUT2D eigenvalue weighted by Gasteiger charge is 2.39. The van der Waals surface area contributed by atoms with E-state index >= 15 is 0 Å². The maximum atomic E-state index is 4.08. The molecule has 3 atom stereocenters. The van der Waals surface area contributed by atoms with Gasteiger partial charge in [-0.2, -0.15) is 0 Å². The van der Waals surface area contributed by atoms with Crippen molar-refractivity contribution in [3.8, 4) is 0 Å². The van der Waals surface area contributed by atoms with E-state index in [1.54, 1.807) is 4.88 Å². The third-order valence-electron chi connectivity index (χ3n) is 5.45. The van der Waals surface area contributed by atoms with Crippen LogP contribution in [-0.2, 0) is 0 Å². The highest BCUT2D eigenvalue weighted by molar-refractivity contribution is 7.10. The van der Waals surface area contributed by atoms with E-state index in [0.717, 1.165) is 11.8 Å². The molecule has 2 saturated carbocycles. The molecule has 1 aromatic rings. The monoisotopic (exact) mass is 291 g/mol. The summed E-state index contributed by atoms with van der Waals surface area (Å²) in [4.78, 5) is 1.56. The van der Waals surface area contributed by atoms with Crippen molar-refractivity contribution in [1.29, 1.82) is 0 Å². The van der Waals surface area contributed by atoms with Gasteiger partial charge in [-0.1, -0.05) is 39.7 Å². The molecule has 0 aromatic carbocycles. The summed E-state index contributed by atoms with van der Waals surface area (Å²) in [6, 6.07) is 5.87. The molecule has 0 saturated heterocycles. The first kappa shape index (κ1) is 14.6. The Kier molecular flexibility index (Phi) is 4.24. The van der Waals surface area contributed by atoms with Gasteiger partial charge in [0.05, 0.1) is 0 Å². The molecule has 3 rings (SSSR count).